The third-order valence-corrected chi connectivity index (χ3v) is 3.93. The highest BCUT2D eigenvalue weighted by molar-refractivity contribution is 6.35. The summed E-state index contributed by atoms with van der Waals surface area (Å²) in [4.78, 5) is 20.5. The van der Waals surface area contributed by atoms with Gasteiger partial charge in [-0.25, -0.2) is 0 Å². The molecular formula is C18H14Cl2N4O. The molecule has 0 bridgehead atoms. The van der Waals surface area contributed by atoms with Crippen LogP contribution >= 0.6 is 23.2 Å². The number of nitrogens with zero attached hydrogens (tertiary/aromatic N) is 2. The van der Waals surface area contributed by atoms with Crippen molar-refractivity contribution < 1.29 is 4.79 Å². The van der Waals surface area contributed by atoms with E-state index in [-0.39, 0.29) is 5.91 Å². The fourth-order valence-corrected chi connectivity index (χ4v) is 2.49. The maximum absolute atomic E-state index is 12.3. The Labute approximate surface area is 155 Å². The van der Waals surface area contributed by atoms with E-state index in [9.17, 15) is 4.79 Å². The molecule has 1 amide bonds. The van der Waals surface area contributed by atoms with Gasteiger partial charge < -0.3 is 10.6 Å². The van der Waals surface area contributed by atoms with E-state index in [1.807, 2.05) is 18.2 Å². The van der Waals surface area contributed by atoms with Crippen molar-refractivity contribution in [3.05, 3.63) is 82.4 Å². The maximum Gasteiger partial charge on any atom is 0.253 e. The van der Waals surface area contributed by atoms with Crippen molar-refractivity contribution in [3.8, 4) is 0 Å². The molecule has 0 saturated heterocycles. The minimum atomic E-state index is -0.237. The number of pyridine rings is 2. The summed E-state index contributed by atoms with van der Waals surface area (Å²) in [6, 6.07) is 12.3. The number of halogens is 2. The lowest BCUT2D eigenvalue weighted by Crippen LogP contribution is -2.23. The van der Waals surface area contributed by atoms with Crippen LogP contribution in [-0.4, -0.2) is 15.9 Å². The Bertz CT molecular complexity index is 887. The van der Waals surface area contributed by atoms with Gasteiger partial charge in [0, 0.05) is 17.4 Å². The van der Waals surface area contributed by atoms with Gasteiger partial charge in [-0.05, 0) is 36.4 Å². The first kappa shape index (κ1) is 17.2. The fourth-order valence-electron chi connectivity index (χ4n) is 2.16. The standard InChI is InChI=1S/C18H14Cl2N4O/c19-13-4-5-16(20)17(8-13)24-15-7-12(9-21-10-15)18(25)23-11-14-3-1-2-6-22-14/h1-10,24H,11H2,(H,23,25). The van der Waals surface area contributed by atoms with Gasteiger partial charge >= 0.3 is 0 Å². The van der Waals surface area contributed by atoms with Crippen LogP contribution in [0, 0.1) is 0 Å². The van der Waals surface area contributed by atoms with Crippen molar-refractivity contribution in [3.63, 3.8) is 0 Å². The maximum atomic E-state index is 12.3. The van der Waals surface area contributed by atoms with Crippen molar-refractivity contribution in [2.24, 2.45) is 0 Å². The lowest BCUT2D eigenvalue weighted by Gasteiger charge is -2.10. The van der Waals surface area contributed by atoms with E-state index in [1.54, 1.807) is 36.7 Å². The summed E-state index contributed by atoms with van der Waals surface area (Å²) in [5, 5.41) is 7.00. The number of benzene rings is 1. The molecule has 0 spiro atoms. The fraction of sp³-hybridized carbons (Fsp3) is 0.0556. The lowest BCUT2D eigenvalue weighted by atomic mass is 10.2. The Morgan fingerprint density at radius 1 is 1.08 bits per heavy atom. The number of anilines is 2. The zero-order valence-corrected chi connectivity index (χ0v) is 14.6. The van der Waals surface area contributed by atoms with Crippen LogP contribution in [0.5, 0.6) is 0 Å². The van der Waals surface area contributed by atoms with Crippen LogP contribution in [-0.2, 0) is 6.54 Å². The molecule has 1 aromatic carbocycles. The van der Waals surface area contributed by atoms with Crippen LogP contribution in [0.3, 0.4) is 0 Å². The Hall–Kier alpha value is -2.63. The molecule has 5 nitrogen and oxygen atoms in total. The molecule has 0 fully saturated rings. The molecule has 0 unspecified atom stereocenters. The molecule has 0 radical (unpaired) electrons. The third kappa shape index (κ3) is 4.68. The number of rotatable bonds is 5. The van der Waals surface area contributed by atoms with Crippen molar-refractivity contribution in [1.82, 2.24) is 15.3 Å². The molecule has 126 valence electrons. The van der Waals surface area contributed by atoms with Crippen LogP contribution in [0.2, 0.25) is 10.0 Å². The molecule has 3 rings (SSSR count). The molecule has 0 aliphatic rings. The van der Waals surface area contributed by atoms with Crippen LogP contribution in [0.4, 0.5) is 11.4 Å². The highest BCUT2D eigenvalue weighted by Gasteiger charge is 2.08. The van der Waals surface area contributed by atoms with E-state index in [2.05, 4.69) is 20.6 Å². The van der Waals surface area contributed by atoms with E-state index in [4.69, 9.17) is 23.2 Å². The zero-order valence-electron chi connectivity index (χ0n) is 13.0. The molecule has 0 aliphatic carbocycles. The van der Waals surface area contributed by atoms with E-state index in [0.717, 1.165) is 5.69 Å². The minimum absolute atomic E-state index is 0.237. The zero-order chi connectivity index (χ0) is 17.6. The van der Waals surface area contributed by atoms with E-state index >= 15 is 0 Å². The van der Waals surface area contributed by atoms with Crippen molar-refractivity contribution >= 4 is 40.5 Å². The second kappa shape index (κ2) is 7.96. The second-order valence-corrected chi connectivity index (χ2v) is 6.06. The molecule has 25 heavy (non-hydrogen) atoms. The van der Waals surface area contributed by atoms with Gasteiger partial charge in [0.05, 0.1) is 40.4 Å². The number of carbonyl (C=O) groups is 1. The molecule has 3 aromatic rings. The normalized spacial score (nSPS) is 10.3. The summed E-state index contributed by atoms with van der Waals surface area (Å²) < 4.78 is 0. The van der Waals surface area contributed by atoms with Crippen LogP contribution in [0.15, 0.2) is 61.1 Å². The average Bonchev–Trinajstić information content (AvgIpc) is 2.64. The number of nitrogens with one attached hydrogen (secondary N) is 2. The topological polar surface area (TPSA) is 66.9 Å². The largest absolute Gasteiger partial charge is 0.353 e. The summed E-state index contributed by atoms with van der Waals surface area (Å²) in [5.74, 6) is -0.237. The number of hydrogen-bond acceptors (Lipinski definition) is 4. The van der Waals surface area contributed by atoms with Crippen LogP contribution < -0.4 is 10.6 Å². The molecule has 0 atom stereocenters. The van der Waals surface area contributed by atoms with Crippen LogP contribution in [0.25, 0.3) is 0 Å². The molecule has 7 heteroatoms. The average molecular weight is 373 g/mol. The van der Waals surface area contributed by atoms with Gasteiger partial charge in [-0.15, -0.1) is 0 Å². The Morgan fingerprint density at radius 3 is 2.76 bits per heavy atom. The monoisotopic (exact) mass is 372 g/mol. The van der Waals surface area contributed by atoms with Gasteiger partial charge in [0.1, 0.15) is 0 Å². The van der Waals surface area contributed by atoms with Crippen molar-refractivity contribution in [2.45, 2.75) is 6.54 Å². The third-order valence-electron chi connectivity index (χ3n) is 3.36. The summed E-state index contributed by atoms with van der Waals surface area (Å²) in [6.45, 7) is 0.345. The van der Waals surface area contributed by atoms with Gasteiger partial charge in [0.25, 0.3) is 5.91 Å². The Morgan fingerprint density at radius 2 is 1.96 bits per heavy atom. The van der Waals surface area contributed by atoms with Gasteiger partial charge in [-0.3, -0.25) is 14.8 Å². The first-order valence-electron chi connectivity index (χ1n) is 7.47. The molecule has 0 saturated carbocycles. The van der Waals surface area contributed by atoms with Gasteiger partial charge in [0.2, 0.25) is 0 Å². The summed E-state index contributed by atoms with van der Waals surface area (Å²) in [6.07, 6.45) is 4.79. The summed E-state index contributed by atoms with van der Waals surface area (Å²) >= 11 is 12.1. The Kier molecular flexibility index (Phi) is 5.48. The molecule has 0 aliphatic heterocycles. The quantitative estimate of drug-likeness (QED) is 0.693. The first-order chi connectivity index (χ1) is 12.1. The summed E-state index contributed by atoms with van der Waals surface area (Å²) in [7, 11) is 0. The highest BCUT2D eigenvalue weighted by atomic mass is 35.5. The Balaban J connectivity index is 1.70. The summed E-state index contributed by atoms with van der Waals surface area (Å²) in [5.41, 5.74) is 2.49. The molecule has 2 heterocycles. The molecular weight excluding hydrogens is 359 g/mol. The number of amides is 1. The van der Waals surface area contributed by atoms with Gasteiger partial charge in [-0.1, -0.05) is 29.3 Å². The molecule has 2 N–H and O–H groups in total. The van der Waals surface area contributed by atoms with E-state index in [1.165, 1.54) is 6.20 Å². The number of hydrogen-bond donors (Lipinski definition) is 2. The smallest absolute Gasteiger partial charge is 0.253 e. The predicted molar refractivity (Wildman–Crippen MR) is 99.4 cm³/mol. The first-order valence-corrected chi connectivity index (χ1v) is 8.22. The van der Waals surface area contributed by atoms with Crippen molar-refractivity contribution in [2.75, 3.05) is 5.32 Å². The number of aromatic nitrogens is 2. The highest BCUT2D eigenvalue weighted by Crippen LogP contribution is 2.28. The van der Waals surface area contributed by atoms with Crippen LogP contribution in [0.1, 0.15) is 16.1 Å². The minimum Gasteiger partial charge on any atom is -0.353 e. The van der Waals surface area contributed by atoms with E-state index < -0.39 is 0 Å². The van der Waals surface area contributed by atoms with Gasteiger partial charge in [-0.2, -0.15) is 0 Å². The number of carbonyl (C=O) groups excluding carboxylic acids is 1. The van der Waals surface area contributed by atoms with E-state index in [0.29, 0.717) is 33.5 Å². The lowest BCUT2D eigenvalue weighted by molar-refractivity contribution is 0.0950. The van der Waals surface area contributed by atoms with Crippen molar-refractivity contribution in [1.29, 1.82) is 0 Å². The molecule has 2 aromatic heterocycles. The van der Waals surface area contributed by atoms with Gasteiger partial charge in [0.15, 0.2) is 0 Å². The SMILES string of the molecule is O=C(NCc1ccccn1)c1cncc(Nc2cc(Cl)ccc2Cl)c1. The predicted octanol–water partition coefficient (Wildman–Crippen LogP) is 4.46. The second-order valence-electron chi connectivity index (χ2n) is 5.22.